The minimum Gasteiger partial charge on any atom is -0.294 e. The van der Waals surface area contributed by atoms with Crippen LogP contribution in [0.5, 0.6) is 0 Å². The number of benzene rings is 1. The summed E-state index contributed by atoms with van der Waals surface area (Å²) in [5.41, 5.74) is 0.847. The number of carbonyl (C=O) groups excluding carboxylic acids is 1. The van der Waals surface area contributed by atoms with Crippen molar-refractivity contribution in [1.82, 2.24) is 4.98 Å². The quantitative estimate of drug-likeness (QED) is 0.745. The Balaban J connectivity index is 2.01. The molecule has 2 heteroatoms. The summed E-state index contributed by atoms with van der Waals surface area (Å²) in [5.74, 6) is 1.20. The Morgan fingerprint density at radius 3 is 2.94 bits per heavy atom. The van der Waals surface area contributed by atoms with Crippen molar-refractivity contribution < 1.29 is 4.79 Å². The van der Waals surface area contributed by atoms with E-state index in [1.807, 2.05) is 24.3 Å². The number of pyridine rings is 1. The second-order valence-corrected chi connectivity index (χ2v) is 5.38. The van der Waals surface area contributed by atoms with Crippen molar-refractivity contribution in [3.05, 3.63) is 42.2 Å². The highest BCUT2D eigenvalue weighted by Gasteiger charge is 2.28. The fourth-order valence-corrected chi connectivity index (χ4v) is 2.99. The molecule has 2 aromatic rings. The standard InChI is InChI=1S/C16H17NO/c1-11-5-6-13(9-11)16(18)14-4-2-3-12-7-8-17-10-15(12)14/h2-4,7-8,10-11,13H,5-6,9H2,1H3. The zero-order valence-corrected chi connectivity index (χ0v) is 10.6. The number of fused-ring (bicyclic) bond motifs is 1. The van der Waals surface area contributed by atoms with Crippen molar-refractivity contribution in [2.45, 2.75) is 26.2 Å². The van der Waals surface area contributed by atoms with Gasteiger partial charge in [-0.2, -0.15) is 0 Å². The number of hydrogen-bond donors (Lipinski definition) is 0. The summed E-state index contributed by atoms with van der Waals surface area (Å²) < 4.78 is 0. The molecule has 0 N–H and O–H groups in total. The fourth-order valence-electron chi connectivity index (χ4n) is 2.99. The van der Waals surface area contributed by atoms with Gasteiger partial charge in [0.25, 0.3) is 0 Å². The van der Waals surface area contributed by atoms with Crippen molar-refractivity contribution >= 4 is 16.6 Å². The van der Waals surface area contributed by atoms with Crippen molar-refractivity contribution in [1.29, 1.82) is 0 Å². The van der Waals surface area contributed by atoms with Gasteiger partial charge in [0.15, 0.2) is 5.78 Å². The van der Waals surface area contributed by atoms with Gasteiger partial charge in [0.2, 0.25) is 0 Å². The van der Waals surface area contributed by atoms with E-state index in [-0.39, 0.29) is 5.92 Å². The number of rotatable bonds is 2. The van der Waals surface area contributed by atoms with E-state index in [0.717, 1.165) is 29.2 Å². The van der Waals surface area contributed by atoms with E-state index in [2.05, 4.69) is 11.9 Å². The predicted octanol–water partition coefficient (Wildman–Crippen LogP) is 3.85. The molecule has 0 saturated heterocycles. The molecule has 0 aliphatic heterocycles. The van der Waals surface area contributed by atoms with Gasteiger partial charge in [-0.15, -0.1) is 0 Å². The number of hydrogen-bond acceptors (Lipinski definition) is 2. The van der Waals surface area contributed by atoms with E-state index < -0.39 is 0 Å². The number of nitrogens with zero attached hydrogens (tertiary/aromatic N) is 1. The maximum atomic E-state index is 12.6. The van der Waals surface area contributed by atoms with Crippen LogP contribution in [0.25, 0.3) is 10.8 Å². The molecule has 2 nitrogen and oxygen atoms in total. The average Bonchev–Trinajstić information content (AvgIpc) is 2.84. The molecule has 1 aliphatic carbocycles. The van der Waals surface area contributed by atoms with E-state index in [1.54, 1.807) is 12.4 Å². The fraction of sp³-hybridized carbons (Fsp3) is 0.375. The van der Waals surface area contributed by atoms with Crippen LogP contribution in [0.3, 0.4) is 0 Å². The normalized spacial score (nSPS) is 23.4. The first-order valence-electron chi connectivity index (χ1n) is 6.62. The van der Waals surface area contributed by atoms with Gasteiger partial charge in [0.1, 0.15) is 0 Å². The minimum atomic E-state index is 0.214. The van der Waals surface area contributed by atoms with Crippen LogP contribution in [-0.2, 0) is 0 Å². The summed E-state index contributed by atoms with van der Waals surface area (Å²) in [6, 6.07) is 7.90. The monoisotopic (exact) mass is 239 g/mol. The first-order valence-corrected chi connectivity index (χ1v) is 6.62. The van der Waals surface area contributed by atoms with Gasteiger partial charge in [-0.1, -0.05) is 25.1 Å². The van der Waals surface area contributed by atoms with Crippen molar-refractivity contribution in [3.8, 4) is 0 Å². The average molecular weight is 239 g/mol. The summed E-state index contributed by atoms with van der Waals surface area (Å²) in [6.07, 6.45) is 6.83. The lowest BCUT2D eigenvalue weighted by molar-refractivity contribution is 0.0922. The van der Waals surface area contributed by atoms with E-state index >= 15 is 0 Å². The van der Waals surface area contributed by atoms with Crippen molar-refractivity contribution in [2.24, 2.45) is 11.8 Å². The Kier molecular flexibility index (Phi) is 2.86. The molecule has 1 aromatic carbocycles. The smallest absolute Gasteiger partial charge is 0.166 e. The van der Waals surface area contributed by atoms with Crippen LogP contribution in [-0.4, -0.2) is 10.8 Å². The minimum absolute atomic E-state index is 0.214. The molecule has 1 aromatic heterocycles. The molecule has 1 fully saturated rings. The van der Waals surface area contributed by atoms with Gasteiger partial charge >= 0.3 is 0 Å². The molecule has 0 amide bonds. The highest BCUT2D eigenvalue weighted by molar-refractivity contribution is 6.08. The van der Waals surface area contributed by atoms with Crippen LogP contribution < -0.4 is 0 Å². The summed E-state index contributed by atoms with van der Waals surface area (Å²) >= 11 is 0. The molecule has 1 saturated carbocycles. The van der Waals surface area contributed by atoms with Gasteiger partial charge in [-0.05, 0) is 36.6 Å². The van der Waals surface area contributed by atoms with E-state index in [4.69, 9.17) is 0 Å². The van der Waals surface area contributed by atoms with Gasteiger partial charge in [-0.25, -0.2) is 0 Å². The third kappa shape index (κ3) is 1.92. The molecule has 2 atom stereocenters. The Morgan fingerprint density at radius 2 is 2.17 bits per heavy atom. The van der Waals surface area contributed by atoms with Crippen molar-refractivity contribution in [2.75, 3.05) is 0 Å². The van der Waals surface area contributed by atoms with Crippen LogP contribution in [0, 0.1) is 11.8 Å². The van der Waals surface area contributed by atoms with Crippen molar-refractivity contribution in [3.63, 3.8) is 0 Å². The highest BCUT2D eigenvalue weighted by atomic mass is 16.1. The zero-order valence-electron chi connectivity index (χ0n) is 10.6. The van der Waals surface area contributed by atoms with Gasteiger partial charge in [-0.3, -0.25) is 9.78 Å². The Hall–Kier alpha value is -1.70. The lowest BCUT2D eigenvalue weighted by atomic mass is 9.92. The molecule has 2 unspecified atom stereocenters. The molecular formula is C16H17NO. The molecule has 0 bridgehead atoms. The number of Topliss-reactive ketones (excluding diaryl/α,β-unsaturated/α-hetero) is 1. The number of ketones is 1. The third-order valence-corrected chi connectivity index (χ3v) is 4.01. The van der Waals surface area contributed by atoms with Gasteiger partial charge < -0.3 is 0 Å². The van der Waals surface area contributed by atoms with E-state index in [9.17, 15) is 4.79 Å². The molecular weight excluding hydrogens is 222 g/mol. The van der Waals surface area contributed by atoms with Crippen LogP contribution in [0.4, 0.5) is 0 Å². The molecule has 3 rings (SSSR count). The highest BCUT2D eigenvalue weighted by Crippen LogP contribution is 2.34. The lowest BCUT2D eigenvalue weighted by Gasteiger charge is -2.10. The van der Waals surface area contributed by atoms with Crippen LogP contribution in [0.2, 0.25) is 0 Å². The van der Waals surface area contributed by atoms with E-state index in [0.29, 0.717) is 11.7 Å². The SMILES string of the molecule is CC1CCC(C(=O)c2cccc3ccncc23)C1. The third-order valence-electron chi connectivity index (χ3n) is 4.01. The summed E-state index contributed by atoms with van der Waals surface area (Å²) in [6.45, 7) is 2.23. The molecule has 1 heterocycles. The second-order valence-electron chi connectivity index (χ2n) is 5.38. The molecule has 1 aliphatic rings. The molecule has 92 valence electrons. The summed E-state index contributed by atoms with van der Waals surface area (Å²) in [5, 5.41) is 2.09. The zero-order chi connectivity index (χ0) is 12.5. The largest absolute Gasteiger partial charge is 0.294 e. The molecule has 0 radical (unpaired) electrons. The van der Waals surface area contributed by atoms with Gasteiger partial charge in [0, 0.05) is 29.3 Å². The number of carbonyl (C=O) groups is 1. The van der Waals surface area contributed by atoms with Crippen LogP contribution in [0.15, 0.2) is 36.7 Å². The van der Waals surface area contributed by atoms with E-state index in [1.165, 1.54) is 6.42 Å². The first-order chi connectivity index (χ1) is 8.75. The summed E-state index contributed by atoms with van der Waals surface area (Å²) in [7, 11) is 0. The number of aromatic nitrogens is 1. The molecule has 0 spiro atoms. The second kappa shape index (κ2) is 4.52. The van der Waals surface area contributed by atoms with Gasteiger partial charge in [0.05, 0.1) is 0 Å². The maximum absolute atomic E-state index is 12.6. The Bertz CT molecular complexity index is 585. The Labute approximate surface area is 107 Å². The summed E-state index contributed by atoms with van der Waals surface area (Å²) in [4.78, 5) is 16.7. The maximum Gasteiger partial charge on any atom is 0.166 e. The van der Waals surface area contributed by atoms with Crippen LogP contribution >= 0.6 is 0 Å². The predicted molar refractivity (Wildman–Crippen MR) is 72.6 cm³/mol. The topological polar surface area (TPSA) is 30.0 Å². The molecule has 18 heavy (non-hydrogen) atoms. The van der Waals surface area contributed by atoms with Crippen LogP contribution in [0.1, 0.15) is 36.5 Å². The first kappa shape index (κ1) is 11.4. The Morgan fingerprint density at radius 1 is 1.28 bits per heavy atom. The lowest BCUT2D eigenvalue weighted by Crippen LogP contribution is -2.12.